The zero-order valence-corrected chi connectivity index (χ0v) is 43.8. The Morgan fingerprint density at radius 1 is 0.328 bits per heavy atom. The highest BCUT2D eigenvalue weighted by Gasteiger charge is 2.30. The lowest BCUT2D eigenvalue weighted by Crippen LogP contribution is -2.30. The van der Waals surface area contributed by atoms with E-state index in [0.29, 0.717) is 0 Å². The number of hydrogen-bond acceptors (Lipinski definition) is 0. The van der Waals surface area contributed by atoms with Gasteiger partial charge in [-0.1, -0.05) is 197 Å². The van der Waals surface area contributed by atoms with Crippen molar-refractivity contribution in [2.75, 3.05) is 0 Å². The molecule has 0 amide bonds. The molecule has 4 rings (SSSR count). The van der Waals surface area contributed by atoms with E-state index in [0.717, 1.165) is 38.1 Å². The molecule has 2 heteroatoms. The molecular weight excluding hydrogens is 807 g/mol. The summed E-state index contributed by atoms with van der Waals surface area (Å²) in [5.41, 5.74) is 9.23. The van der Waals surface area contributed by atoms with E-state index in [1.165, 1.54) is 44.0 Å². The van der Waals surface area contributed by atoms with Crippen LogP contribution in [0, 0.1) is 71.0 Å². The van der Waals surface area contributed by atoms with Gasteiger partial charge in [-0.25, -0.2) is 0 Å². The topological polar surface area (TPSA) is 0 Å². The van der Waals surface area contributed by atoms with E-state index >= 15 is 0 Å². The van der Waals surface area contributed by atoms with E-state index in [1.807, 2.05) is 60.7 Å². The average Bonchev–Trinajstić information content (AvgIpc) is 3.17. The number of benzene rings is 4. The van der Waals surface area contributed by atoms with E-state index in [2.05, 4.69) is 220 Å². The second kappa shape index (κ2) is 20.6. The standard InChI is InChI=1S/C62H68P2/c1-57(2,3)47-41-51(59(7,8)9)55(52(42-47)60(10,11)12)63-49(37-27-25-35-45-31-21-19-22-32-45)39-29-30-40-50(38-28-26-36-46-33-23-20-24-34-46)64-56-53(61(13,14)15)43-48(58(4,5)6)44-54(56)62(16,17)18/h19-24,31-34,41-44H,1-18H3. The van der Waals surface area contributed by atoms with Gasteiger partial charge in [-0.2, -0.15) is 0 Å². The first-order chi connectivity index (χ1) is 29.5. The summed E-state index contributed by atoms with van der Waals surface area (Å²) >= 11 is 0. The number of rotatable bonds is 2. The first-order valence-electron chi connectivity index (χ1n) is 22.3. The van der Waals surface area contributed by atoms with Crippen molar-refractivity contribution < 1.29 is 0 Å². The quantitative estimate of drug-likeness (QED) is 0.139. The lowest BCUT2D eigenvalue weighted by Gasteiger charge is -2.32. The van der Waals surface area contributed by atoms with Crippen molar-refractivity contribution in [1.82, 2.24) is 0 Å². The maximum atomic E-state index is 3.42. The average molecular weight is 875 g/mol. The zero-order chi connectivity index (χ0) is 47.7. The molecule has 0 aliphatic heterocycles. The highest BCUT2D eigenvalue weighted by molar-refractivity contribution is 7.51. The van der Waals surface area contributed by atoms with Crippen LogP contribution in [0.5, 0.6) is 0 Å². The maximum Gasteiger partial charge on any atom is 0.104 e. The van der Waals surface area contributed by atoms with E-state index in [-0.39, 0.29) is 32.5 Å². The third kappa shape index (κ3) is 15.1. The lowest BCUT2D eigenvalue weighted by molar-refractivity contribution is 0.553. The first kappa shape index (κ1) is 51.2. The third-order valence-electron chi connectivity index (χ3n) is 10.5. The minimum absolute atomic E-state index is 0.0102. The zero-order valence-electron chi connectivity index (χ0n) is 42.0. The Kier molecular flexibility index (Phi) is 16.5. The van der Waals surface area contributed by atoms with Crippen molar-refractivity contribution >= 4 is 37.6 Å². The smallest absolute Gasteiger partial charge is 0.0622 e. The fourth-order valence-corrected chi connectivity index (χ4v) is 9.65. The molecule has 4 aromatic rings. The van der Waals surface area contributed by atoms with Crippen LogP contribution < -0.4 is 10.6 Å². The van der Waals surface area contributed by atoms with Crippen molar-refractivity contribution in [2.24, 2.45) is 0 Å². The van der Waals surface area contributed by atoms with E-state index in [1.54, 1.807) is 0 Å². The lowest BCUT2D eigenvalue weighted by atomic mass is 9.75. The first-order valence-corrected chi connectivity index (χ1v) is 24.1. The van der Waals surface area contributed by atoms with Crippen LogP contribution in [0.2, 0.25) is 0 Å². The van der Waals surface area contributed by atoms with Gasteiger partial charge in [0.1, 0.15) is 10.6 Å². The normalized spacial score (nSPS) is 12.3. The molecule has 0 bridgehead atoms. The van der Waals surface area contributed by atoms with Gasteiger partial charge in [0.05, 0.1) is 0 Å². The molecule has 0 aliphatic carbocycles. The Morgan fingerprint density at radius 3 is 0.812 bits per heavy atom. The monoisotopic (exact) mass is 874 g/mol. The Labute approximate surface area is 393 Å². The van der Waals surface area contributed by atoms with Gasteiger partial charge < -0.3 is 0 Å². The van der Waals surface area contributed by atoms with Crippen LogP contribution in [-0.2, 0) is 32.5 Å². The Hall–Kier alpha value is -5.42. The fraction of sp³-hybridized carbons (Fsp3) is 0.387. The second-order valence-corrected chi connectivity index (χ2v) is 24.7. The van der Waals surface area contributed by atoms with Crippen LogP contribution in [0.15, 0.2) is 84.9 Å². The Balaban J connectivity index is 2.05. The van der Waals surface area contributed by atoms with Crippen LogP contribution in [0.25, 0.3) is 0 Å². The second-order valence-electron chi connectivity index (χ2n) is 22.5. The van der Waals surface area contributed by atoms with Crippen molar-refractivity contribution in [1.29, 1.82) is 0 Å². The van der Waals surface area contributed by atoms with Crippen molar-refractivity contribution in [3.05, 3.63) is 129 Å². The van der Waals surface area contributed by atoms with Crippen LogP contribution in [0.3, 0.4) is 0 Å². The molecule has 0 fully saturated rings. The molecule has 0 unspecified atom stereocenters. The number of hydrogen-bond donors (Lipinski definition) is 0. The molecule has 64 heavy (non-hydrogen) atoms. The Morgan fingerprint density at radius 2 is 0.578 bits per heavy atom. The maximum absolute atomic E-state index is 3.42. The summed E-state index contributed by atoms with van der Waals surface area (Å²) in [7, 11) is 1.85. The van der Waals surface area contributed by atoms with E-state index in [4.69, 9.17) is 0 Å². The van der Waals surface area contributed by atoms with Crippen LogP contribution in [0.4, 0.5) is 0 Å². The molecular formula is C62H68P2. The highest BCUT2D eigenvalue weighted by Crippen LogP contribution is 2.37. The van der Waals surface area contributed by atoms with Crippen LogP contribution >= 0.6 is 16.4 Å². The van der Waals surface area contributed by atoms with Gasteiger partial charge >= 0.3 is 0 Å². The minimum Gasteiger partial charge on any atom is -0.0622 e. The minimum atomic E-state index is -0.115. The SMILES string of the molecule is CC(C)(C)c1cc(C(C)(C)C)c(P=C(C#CC#CC(C#CC#Cc2ccccc2)=Pc2c(C(C)(C)C)cc(C(C)(C)C)cc2C(C)(C)C)C#CC#Cc2ccccc2)c(C(C)(C)C)c1. The van der Waals surface area contributed by atoms with Crippen LogP contribution in [0.1, 0.15) is 169 Å². The summed E-state index contributed by atoms with van der Waals surface area (Å²) in [4.78, 5) is 0. The molecule has 0 radical (unpaired) electrons. The fourth-order valence-electron chi connectivity index (χ4n) is 6.67. The van der Waals surface area contributed by atoms with Gasteiger partial charge in [-0.05, 0) is 166 Å². The molecule has 0 spiro atoms. The van der Waals surface area contributed by atoms with E-state index in [9.17, 15) is 0 Å². The molecule has 0 atom stereocenters. The van der Waals surface area contributed by atoms with Crippen molar-refractivity contribution in [3.63, 3.8) is 0 Å². The van der Waals surface area contributed by atoms with Gasteiger partial charge in [0.25, 0.3) is 0 Å². The van der Waals surface area contributed by atoms with Crippen molar-refractivity contribution in [3.8, 4) is 71.0 Å². The third-order valence-corrected chi connectivity index (χ3v) is 12.8. The van der Waals surface area contributed by atoms with E-state index < -0.39 is 0 Å². The highest BCUT2D eigenvalue weighted by atomic mass is 31.1. The molecule has 0 aromatic heterocycles. The molecule has 0 saturated carbocycles. The van der Waals surface area contributed by atoms with Gasteiger partial charge in [-0.15, -0.1) is 0 Å². The molecule has 0 nitrogen and oxygen atoms in total. The largest absolute Gasteiger partial charge is 0.104 e. The van der Waals surface area contributed by atoms with Crippen LogP contribution in [-0.4, -0.2) is 10.6 Å². The summed E-state index contributed by atoms with van der Waals surface area (Å²) in [6.45, 7) is 41.3. The van der Waals surface area contributed by atoms with Gasteiger partial charge in [0.2, 0.25) is 0 Å². The summed E-state index contributed by atoms with van der Waals surface area (Å²) in [5.74, 6) is 38.9. The molecule has 0 N–H and O–H groups in total. The molecule has 4 aromatic carbocycles. The predicted octanol–water partition coefficient (Wildman–Crippen LogP) is 13.8. The van der Waals surface area contributed by atoms with Crippen molar-refractivity contribution in [2.45, 2.75) is 157 Å². The summed E-state index contributed by atoms with van der Waals surface area (Å²) < 4.78 is 0. The molecule has 326 valence electrons. The predicted molar refractivity (Wildman–Crippen MR) is 286 cm³/mol. The van der Waals surface area contributed by atoms with Gasteiger partial charge in [0, 0.05) is 21.7 Å². The summed E-state index contributed by atoms with van der Waals surface area (Å²) in [6, 6.07) is 29.5. The molecule has 0 heterocycles. The summed E-state index contributed by atoms with van der Waals surface area (Å²) in [5, 5.41) is 3.98. The van der Waals surface area contributed by atoms with Gasteiger partial charge in [0.15, 0.2) is 0 Å². The Bertz CT molecular complexity index is 2530. The summed E-state index contributed by atoms with van der Waals surface area (Å²) in [6.07, 6.45) is 0. The van der Waals surface area contributed by atoms with Gasteiger partial charge in [-0.3, -0.25) is 0 Å². The molecule has 0 aliphatic rings. The molecule has 0 saturated heterocycles.